The van der Waals surface area contributed by atoms with E-state index >= 15 is 0 Å². The predicted octanol–water partition coefficient (Wildman–Crippen LogP) is 6.63. The number of halogens is 1. The van der Waals surface area contributed by atoms with E-state index in [1.165, 1.54) is 11.1 Å². The fraction of sp³-hybridized carbons (Fsp3) is 0.517. The Morgan fingerprint density at radius 1 is 0.855 bits per heavy atom. The summed E-state index contributed by atoms with van der Waals surface area (Å²) in [6.45, 7) is 20.8. The van der Waals surface area contributed by atoms with Crippen LogP contribution in [0.2, 0.25) is 5.02 Å². The number of aliphatic hydroxyl groups is 1. The number of piperidine rings is 1. The van der Waals surface area contributed by atoms with E-state index in [1.807, 2.05) is 98.8 Å². The van der Waals surface area contributed by atoms with Gasteiger partial charge in [0.15, 0.2) is 5.82 Å². The molecule has 0 unspecified atom stereocenters. The van der Waals surface area contributed by atoms with Crippen molar-refractivity contribution in [2.24, 2.45) is 5.41 Å². The van der Waals surface area contributed by atoms with Gasteiger partial charge in [0.2, 0.25) is 29.6 Å². The number of β-amino-alcohol motifs (C(OH)–C–C–N with tert-alkyl or cyclic N) is 1. The van der Waals surface area contributed by atoms with Crippen LogP contribution in [0.4, 0.5) is 28.8 Å². The highest BCUT2D eigenvalue weighted by atomic mass is 35.5. The Kier molecular flexibility index (Phi) is 20.1. The molecule has 4 fully saturated rings. The molecule has 5 N–H and O–H groups in total. The molecule has 3 atom stereocenters. The summed E-state index contributed by atoms with van der Waals surface area (Å²) in [6, 6.07) is 20.2. The predicted molar refractivity (Wildman–Crippen MR) is 329 cm³/mol. The lowest BCUT2D eigenvalue weighted by atomic mass is 9.85. The number of anilines is 5. The number of likely N-dealkylation sites (tertiary alicyclic amines) is 1. The van der Waals surface area contributed by atoms with Gasteiger partial charge in [-0.25, -0.2) is 9.97 Å². The first-order chi connectivity index (χ1) is 39.7. The van der Waals surface area contributed by atoms with Gasteiger partial charge in [-0.15, -0.1) is 11.3 Å². The first-order valence-electron chi connectivity index (χ1n) is 28.9. The van der Waals surface area contributed by atoms with Gasteiger partial charge in [-0.05, 0) is 73.9 Å². The van der Waals surface area contributed by atoms with Crippen molar-refractivity contribution in [1.82, 2.24) is 50.1 Å². The Bertz CT molecular complexity index is 3120. The second kappa shape index (κ2) is 27.2. The summed E-state index contributed by atoms with van der Waals surface area (Å²) >= 11 is 8.09. The van der Waals surface area contributed by atoms with Gasteiger partial charge in [0.05, 0.1) is 46.9 Å². The second-order valence-corrected chi connectivity index (χ2v) is 28.1. The van der Waals surface area contributed by atoms with E-state index in [1.54, 1.807) is 31.8 Å². The van der Waals surface area contributed by atoms with Crippen LogP contribution in [0.5, 0.6) is 5.75 Å². The Balaban J connectivity index is 0.661. The van der Waals surface area contributed by atoms with E-state index in [0.717, 1.165) is 106 Å². The van der Waals surface area contributed by atoms with Gasteiger partial charge in [-0.2, -0.15) is 4.98 Å². The maximum Gasteiger partial charge on any atom is 0.246 e. The van der Waals surface area contributed by atoms with Gasteiger partial charge in [0.1, 0.15) is 30.0 Å². The number of amides is 4. The third-order valence-corrected chi connectivity index (χ3v) is 19.2. The average Bonchev–Trinajstić information content (AvgIpc) is 4.36. The summed E-state index contributed by atoms with van der Waals surface area (Å²) in [5.41, 5.74) is 6.56. The molecule has 2 aromatic heterocycles. The van der Waals surface area contributed by atoms with Crippen LogP contribution in [0.3, 0.4) is 0 Å². The highest BCUT2D eigenvalue weighted by Crippen LogP contribution is 2.39. The minimum absolute atomic E-state index is 0.0141. The van der Waals surface area contributed by atoms with Crippen LogP contribution in [0, 0.1) is 12.3 Å². The number of aliphatic hydroxyl groups excluding tert-OH is 1. The highest BCUT2D eigenvalue weighted by molar-refractivity contribution is 7.70. The molecular weight excluding hydrogens is 1110 g/mol. The van der Waals surface area contributed by atoms with Gasteiger partial charge in [-0.3, -0.25) is 24.1 Å². The molecule has 5 aromatic rings. The van der Waals surface area contributed by atoms with Gasteiger partial charge in [-0.1, -0.05) is 68.8 Å². The molecule has 0 radical (unpaired) electrons. The molecule has 0 spiro atoms. The number of ether oxygens (including phenoxy) is 1. The molecule has 3 aromatic carbocycles. The molecule has 4 aliphatic heterocycles. The summed E-state index contributed by atoms with van der Waals surface area (Å²) in [7, 11) is -0.926. The number of hydrogen-bond acceptors (Lipinski definition) is 17. The van der Waals surface area contributed by atoms with Crippen molar-refractivity contribution in [3.05, 3.63) is 94.7 Å². The van der Waals surface area contributed by atoms with E-state index in [9.17, 15) is 28.8 Å². The lowest BCUT2D eigenvalue weighted by Gasteiger charge is -2.43. The number of carbonyl (C=O) groups excluding carboxylic acids is 4. The van der Waals surface area contributed by atoms with Crippen molar-refractivity contribution in [2.45, 2.75) is 90.6 Å². The third-order valence-electron chi connectivity index (χ3n) is 16.4. The topological polar surface area (TPSA) is 221 Å². The number of nitrogens with zero attached hydrogens (tertiary/aromatic N) is 9. The van der Waals surface area contributed by atoms with Crippen LogP contribution in [0.25, 0.3) is 10.4 Å². The Morgan fingerprint density at radius 3 is 2.19 bits per heavy atom. The van der Waals surface area contributed by atoms with E-state index in [4.69, 9.17) is 16.3 Å². The smallest absolute Gasteiger partial charge is 0.246 e. The monoisotopic (exact) mass is 1190 g/mol. The molecule has 4 aliphatic rings. The lowest BCUT2D eigenvalue weighted by Crippen LogP contribution is -2.58. The summed E-state index contributed by atoms with van der Waals surface area (Å²) in [6.07, 6.45) is 3.52. The van der Waals surface area contributed by atoms with Crippen molar-refractivity contribution in [1.29, 1.82) is 0 Å². The van der Waals surface area contributed by atoms with Gasteiger partial charge >= 0.3 is 0 Å². The number of nitrogens with one attached hydrogen (secondary N) is 4. The number of para-hydroxylation sites is 1. The van der Waals surface area contributed by atoms with Crippen LogP contribution in [-0.2, 0) is 30.3 Å². The minimum Gasteiger partial charge on any atom is -0.494 e. The molecule has 20 nitrogen and oxygen atoms in total. The van der Waals surface area contributed by atoms with E-state index in [2.05, 4.69) is 61.9 Å². The van der Waals surface area contributed by atoms with Crippen molar-refractivity contribution in [2.75, 3.05) is 121 Å². The third kappa shape index (κ3) is 15.8. The fourth-order valence-corrected chi connectivity index (χ4v) is 13.6. The zero-order chi connectivity index (χ0) is 59.0. The van der Waals surface area contributed by atoms with Crippen LogP contribution in [-0.4, -0.2) is 198 Å². The first kappa shape index (κ1) is 61.4. The number of piperazine rings is 2. The van der Waals surface area contributed by atoms with Gasteiger partial charge in [0, 0.05) is 134 Å². The van der Waals surface area contributed by atoms with E-state index in [0.29, 0.717) is 64.8 Å². The van der Waals surface area contributed by atoms with E-state index < -0.39 is 30.7 Å². The van der Waals surface area contributed by atoms with Crippen LogP contribution in [0.15, 0.2) is 78.4 Å². The standard InChI is InChI=1S/C60H81ClN13O7PS/c1-40-54(83-39-64-40)42-14-12-41(13-15-42)36-62-57(78)49-35-45(75)38-74(49)58(79)55(60(2,3)4)67-52(76)20-22-69-26-28-70(29-27-69)23-21-53(77)73-32-30-72(31-33-73)43-18-24-71(25-19-43)44-16-17-47(50(34-44)81-5)66-59-63-37-46(61)56(68-59)65-48-10-8-9-11-51(48)82(6,7)80/h8-17,34,37,39,43,45,49,55,75H,18-33,35-36,38H2,1-7H3,(H,62,78)(H,67,76)(H2,63,65,66,68)/t45-,49+,55-/m1/s1. The Morgan fingerprint density at radius 2 is 1.54 bits per heavy atom. The first-order valence-corrected chi connectivity index (χ1v) is 32.7. The molecule has 0 aliphatic carbocycles. The van der Waals surface area contributed by atoms with Crippen molar-refractivity contribution in [3.63, 3.8) is 0 Å². The number of thiazole rings is 1. The lowest BCUT2D eigenvalue weighted by molar-refractivity contribution is -0.144. The van der Waals surface area contributed by atoms with E-state index in [-0.39, 0.29) is 49.6 Å². The molecule has 4 amide bonds. The van der Waals surface area contributed by atoms with Crippen LogP contribution in [0.1, 0.15) is 64.1 Å². The maximum absolute atomic E-state index is 14.2. The number of carbonyl (C=O) groups is 4. The second-order valence-electron chi connectivity index (χ2n) is 23.7. The number of rotatable bonds is 20. The molecule has 9 rings (SSSR count). The number of aryl methyl sites for hydroxylation is 1. The normalized spacial score (nSPS) is 19.1. The number of benzene rings is 3. The van der Waals surface area contributed by atoms with Gasteiger partial charge in [0.25, 0.3) is 0 Å². The van der Waals surface area contributed by atoms with Crippen LogP contribution >= 0.6 is 30.1 Å². The summed E-state index contributed by atoms with van der Waals surface area (Å²) < 4.78 is 18.8. The average molecular weight is 1190 g/mol. The molecule has 4 saturated heterocycles. The van der Waals surface area contributed by atoms with Gasteiger partial charge < -0.3 is 60.2 Å². The zero-order valence-corrected chi connectivity index (χ0v) is 51.4. The zero-order valence-electron chi connectivity index (χ0n) is 48.9. The molecule has 0 saturated carbocycles. The molecule has 23 heteroatoms. The number of hydrogen-bond donors (Lipinski definition) is 5. The molecule has 6 heterocycles. The quantitative estimate of drug-likeness (QED) is 0.0517. The summed E-state index contributed by atoms with van der Waals surface area (Å²) in [5.74, 6) is 0.601. The van der Waals surface area contributed by atoms with Crippen molar-refractivity contribution >= 4 is 87.8 Å². The molecular formula is C60H81ClN13O7PS. The largest absolute Gasteiger partial charge is 0.494 e. The number of aromatic nitrogens is 3. The summed E-state index contributed by atoms with van der Waals surface area (Å²) in [4.78, 5) is 82.2. The molecule has 0 bridgehead atoms. The number of methoxy groups -OCH3 is 1. The summed E-state index contributed by atoms with van der Waals surface area (Å²) in [5, 5.41) is 24.2. The Labute approximate surface area is 497 Å². The molecule has 446 valence electrons. The van der Waals surface area contributed by atoms with Crippen molar-refractivity contribution < 1.29 is 33.6 Å². The minimum atomic E-state index is -2.57. The SMILES string of the molecule is COc1cc(N2CCC(N3CCN(C(=O)CCN4CCN(CCC(=O)N[C@H](C(=O)N5C[C@H](O)C[C@H]5C(=O)NCc5ccc(-c6scnc6C)cc5)C(C)(C)C)CC4)CC3)CC2)ccc1Nc1ncc(Cl)c(Nc2ccccc2P(C)(C)=O)n1. The maximum atomic E-state index is 14.2. The highest BCUT2D eigenvalue weighted by Gasteiger charge is 2.44. The fourth-order valence-electron chi connectivity index (χ4n) is 11.5. The molecule has 83 heavy (non-hydrogen) atoms. The van der Waals surface area contributed by atoms with Crippen LogP contribution < -0.4 is 36.2 Å². The Hall–Kier alpha value is -6.19. The van der Waals surface area contributed by atoms with Crippen molar-refractivity contribution in [3.8, 4) is 16.2 Å².